The van der Waals surface area contributed by atoms with Gasteiger partial charge in [-0.2, -0.15) is 0 Å². The van der Waals surface area contributed by atoms with Gasteiger partial charge in [-0.3, -0.25) is 14.4 Å². The molecular formula is C59H96O6. The zero-order chi connectivity index (χ0) is 47.2. The van der Waals surface area contributed by atoms with Gasteiger partial charge in [-0.25, -0.2) is 0 Å². The molecule has 0 bridgehead atoms. The summed E-state index contributed by atoms with van der Waals surface area (Å²) in [6, 6.07) is 0. The van der Waals surface area contributed by atoms with Gasteiger partial charge in [0.2, 0.25) is 0 Å². The zero-order valence-electron chi connectivity index (χ0n) is 42.0. The van der Waals surface area contributed by atoms with Gasteiger partial charge in [0, 0.05) is 19.3 Å². The molecule has 0 aliphatic heterocycles. The van der Waals surface area contributed by atoms with Crippen LogP contribution in [0.3, 0.4) is 0 Å². The highest BCUT2D eigenvalue weighted by atomic mass is 16.6. The van der Waals surface area contributed by atoms with E-state index in [1.807, 2.05) is 0 Å². The number of ether oxygens (including phenoxy) is 3. The third-order valence-electron chi connectivity index (χ3n) is 10.8. The Hall–Kier alpha value is -3.93. The second kappa shape index (κ2) is 52.7. The van der Waals surface area contributed by atoms with Crippen molar-refractivity contribution in [1.82, 2.24) is 0 Å². The van der Waals surface area contributed by atoms with Crippen molar-refractivity contribution >= 4 is 17.9 Å². The fraction of sp³-hybridized carbons (Fsp3) is 0.644. The lowest BCUT2D eigenvalue weighted by Crippen LogP contribution is -2.30. The van der Waals surface area contributed by atoms with Crippen LogP contribution in [0.1, 0.15) is 226 Å². The SMILES string of the molecule is CC/C=C\C/C=C\C/C=C\C/C=C\C/C=C\C/C=C\C/C=C\C/C=C\CCCCCCCCC(=O)OCC(COC(=O)CCCCCCC)OC(=O)CCCCCCC/C=C\CCCC. The van der Waals surface area contributed by atoms with Crippen LogP contribution in [0.4, 0.5) is 0 Å². The van der Waals surface area contributed by atoms with Crippen LogP contribution >= 0.6 is 0 Å². The maximum atomic E-state index is 12.7. The summed E-state index contributed by atoms with van der Waals surface area (Å²) in [4.78, 5) is 37.6. The highest BCUT2D eigenvalue weighted by Crippen LogP contribution is 2.13. The van der Waals surface area contributed by atoms with Crippen LogP contribution in [0.25, 0.3) is 0 Å². The second-order valence-electron chi connectivity index (χ2n) is 17.1. The number of unbranched alkanes of at least 4 members (excludes halogenated alkanes) is 17. The second-order valence-corrected chi connectivity index (χ2v) is 17.1. The first-order valence-electron chi connectivity index (χ1n) is 26.4. The quantitative estimate of drug-likeness (QED) is 0.0262. The maximum absolute atomic E-state index is 12.7. The standard InChI is InChI=1S/C59H96O6/c1-4-7-10-13-15-17-19-20-21-22-23-24-25-26-27-28-29-30-31-32-33-34-35-36-37-38-40-41-43-46-49-52-58(61)64-55-56(54-63-57(60)51-48-45-12-9-6-3)65-59(62)53-50-47-44-42-39-18-16-14-11-8-5-2/h7,10,14-17,20-21,23-24,26-27,29-30,32-33,35-36,56H,4-6,8-9,11-13,18-19,22,25,28,31,34,37-55H2,1-3H3/b10-7-,16-14-,17-15-,21-20-,24-23-,27-26-,30-29-,33-32-,36-35-. The van der Waals surface area contributed by atoms with E-state index in [9.17, 15) is 14.4 Å². The highest BCUT2D eigenvalue weighted by Gasteiger charge is 2.19. The van der Waals surface area contributed by atoms with E-state index in [1.54, 1.807) is 0 Å². The van der Waals surface area contributed by atoms with E-state index in [0.717, 1.165) is 141 Å². The largest absolute Gasteiger partial charge is 0.462 e. The Kier molecular flexibility index (Phi) is 49.5. The molecule has 368 valence electrons. The number of esters is 3. The number of carbonyl (C=O) groups is 3. The van der Waals surface area contributed by atoms with Gasteiger partial charge in [0.15, 0.2) is 6.10 Å². The van der Waals surface area contributed by atoms with Gasteiger partial charge >= 0.3 is 17.9 Å². The van der Waals surface area contributed by atoms with Crippen LogP contribution in [0.2, 0.25) is 0 Å². The molecule has 0 radical (unpaired) electrons. The topological polar surface area (TPSA) is 78.9 Å². The molecule has 0 aromatic heterocycles. The van der Waals surface area contributed by atoms with Crippen LogP contribution in [0.5, 0.6) is 0 Å². The lowest BCUT2D eigenvalue weighted by molar-refractivity contribution is -0.167. The number of hydrogen-bond donors (Lipinski definition) is 0. The van der Waals surface area contributed by atoms with Crippen molar-refractivity contribution in [1.29, 1.82) is 0 Å². The van der Waals surface area contributed by atoms with Crippen molar-refractivity contribution < 1.29 is 28.6 Å². The lowest BCUT2D eigenvalue weighted by Gasteiger charge is -2.18. The van der Waals surface area contributed by atoms with E-state index in [1.165, 1.54) is 44.9 Å². The van der Waals surface area contributed by atoms with Crippen molar-refractivity contribution in [2.45, 2.75) is 232 Å². The number of hydrogen-bond acceptors (Lipinski definition) is 6. The number of allylic oxidation sites excluding steroid dienone is 18. The molecule has 0 aliphatic carbocycles. The smallest absolute Gasteiger partial charge is 0.306 e. The molecule has 0 N–H and O–H groups in total. The lowest BCUT2D eigenvalue weighted by atomic mass is 10.1. The van der Waals surface area contributed by atoms with Crippen LogP contribution in [-0.2, 0) is 28.6 Å². The molecule has 0 aliphatic rings. The first kappa shape index (κ1) is 61.1. The molecule has 0 fully saturated rings. The van der Waals surface area contributed by atoms with Gasteiger partial charge in [0.1, 0.15) is 13.2 Å². The highest BCUT2D eigenvalue weighted by molar-refractivity contribution is 5.71. The molecule has 0 heterocycles. The summed E-state index contributed by atoms with van der Waals surface area (Å²) in [5.74, 6) is -0.934. The monoisotopic (exact) mass is 901 g/mol. The Balaban J connectivity index is 4.10. The van der Waals surface area contributed by atoms with Crippen LogP contribution in [-0.4, -0.2) is 37.2 Å². The van der Waals surface area contributed by atoms with E-state index < -0.39 is 6.10 Å². The summed E-state index contributed by atoms with van der Waals surface area (Å²) in [5, 5.41) is 0. The van der Waals surface area contributed by atoms with Gasteiger partial charge < -0.3 is 14.2 Å². The van der Waals surface area contributed by atoms with E-state index in [-0.39, 0.29) is 31.1 Å². The first-order valence-corrected chi connectivity index (χ1v) is 26.4. The summed E-state index contributed by atoms with van der Waals surface area (Å²) in [6.07, 6.45) is 71.2. The summed E-state index contributed by atoms with van der Waals surface area (Å²) in [5.41, 5.74) is 0. The van der Waals surface area contributed by atoms with Crippen molar-refractivity contribution in [3.63, 3.8) is 0 Å². The van der Waals surface area contributed by atoms with Gasteiger partial charge in [0.05, 0.1) is 0 Å². The fourth-order valence-electron chi connectivity index (χ4n) is 6.79. The molecular weight excluding hydrogens is 805 g/mol. The Morgan fingerprint density at radius 1 is 0.323 bits per heavy atom. The molecule has 0 aromatic carbocycles. The minimum Gasteiger partial charge on any atom is -0.462 e. The van der Waals surface area contributed by atoms with Crippen molar-refractivity contribution in [3.05, 3.63) is 109 Å². The molecule has 0 spiro atoms. The van der Waals surface area contributed by atoms with E-state index in [0.29, 0.717) is 19.3 Å². The maximum Gasteiger partial charge on any atom is 0.306 e. The molecule has 0 aromatic rings. The van der Waals surface area contributed by atoms with Gasteiger partial charge in [-0.05, 0) is 103 Å². The Bertz CT molecular complexity index is 1360. The molecule has 1 atom stereocenters. The average Bonchev–Trinajstić information content (AvgIpc) is 3.30. The third-order valence-corrected chi connectivity index (χ3v) is 10.8. The normalized spacial score (nSPS) is 13.0. The average molecular weight is 901 g/mol. The molecule has 1 unspecified atom stereocenters. The Morgan fingerprint density at radius 2 is 0.615 bits per heavy atom. The van der Waals surface area contributed by atoms with Gasteiger partial charge in [-0.1, -0.05) is 214 Å². The number of carbonyl (C=O) groups excluding carboxylic acids is 3. The van der Waals surface area contributed by atoms with Crippen molar-refractivity contribution in [2.24, 2.45) is 0 Å². The van der Waals surface area contributed by atoms with E-state index in [4.69, 9.17) is 14.2 Å². The summed E-state index contributed by atoms with van der Waals surface area (Å²) in [7, 11) is 0. The van der Waals surface area contributed by atoms with E-state index in [2.05, 4.69) is 130 Å². The molecule has 0 saturated heterocycles. The third kappa shape index (κ3) is 50.9. The van der Waals surface area contributed by atoms with Crippen molar-refractivity contribution in [2.75, 3.05) is 13.2 Å². The van der Waals surface area contributed by atoms with Crippen LogP contribution < -0.4 is 0 Å². The Labute approximate surface area is 400 Å². The molecule has 6 nitrogen and oxygen atoms in total. The minimum absolute atomic E-state index is 0.0878. The molecule has 0 rings (SSSR count). The molecule has 0 amide bonds. The Morgan fingerprint density at radius 3 is 1.00 bits per heavy atom. The molecule has 0 saturated carbocycles. The van der Waals surface area contributed by atoms with Crippen molar-refractivity contribution in [3.8, 4) is 0 Å². The van der Waals surface area contributed by atoms with E-state index >= 15 is 0 Å². The number of rotatable bonds is 46. The predicted molar refractivity (Wildman–Crippen MR) is 279 cm³/mol. The molecule has 6 heteroatoms. The fourth-order valence-corrected chi connectivity index (χ4v) is 6.79. The molecule has 65 heavy (non-hydrogen) atoms. The zero-order valence-corrected chi connectivity index (χ0v) is 42.0. The van der Waals surface area contributed by atoms with Gasteiger partial charge in [0.25, 0.3) is 0 Å². The van der Waals surface area contributed by atoms with Gasteiger partial charge in [-0.15, -0.1) is 0 Å². The summed E-state index contributed by atoms with van der Waals surface area (Å²) < 4.78 is 16.6. The first-order chi connectivity index (χ1) is 32.0. The predicted octanol–water partition coefficient (Wildman–Crippen LogP) is 17.5. The minimum atomic E-state index is -0.784. The van der Waals surface area contributed by atoms with Crippen LogP contribution in [0.15, 0.2) is 109 Å². The van der Waals surface area contributed by atoms with Crippen LogP contribution in [0, 0.1) is 0 Å². The summed E-state index contributed by atoms with van der Waals surface area (Å²) in [6.45, 7) is 6.36. The summed E-state index contributed by atoms with van der Waals surface area (Å²) >= 11 is 0.